The summed E-state index contributed by atoms with van der Waals surface area (Å²) in [5.74, 6) is 0.882. The van der Waals surface area contributed by atoms with Gasteiger partial charge >= 0.3 is 5.13 Å². The fraction of sp³-hybridized carbons (Fsp3) is 0.364. The lowest BCUT2D eigenvalue weighted by atomic mass is 10.3. The van der Waals surface area contributed by atoms with E-state index >= 15 is 0 Å². The Bertz CT molecular complexity index is 484. The van der Waals surface area contributed by atoms with E-state index in [2.05, 4.69) is 17.6 Å². The molecule has 0 aliphatic rings. The molecule has 0 fully saturated rings. The number of methoxy groups -OCH3 is 1. The van der Waals surface area contributed by atoms with Gasteiger partial charge in [0.25, 0.3) is 0 Å². The molecule has 0 bridgehead atoms. The van der Waals surface area contributed by atoms with Crippen LogP contribution in [0.5, 0.6) is 5.75 Å². The van der Waals surface area contributed by atoms with Crippen molar-refractivity contribution in [3.8, 4) is 5.75 Å². The summed E-state index contributed by atoms with van der Waals surface area (Å²) >= 11 is 1.61. The zero-order chi connectivity index (χ0) is 10.8. The van der Waals surface area contributed by atoms with E-state index in [1.165, 1.54) is 10.2 Å². The minimum atomic E-state index is 0. The molecule has 0 spiro atoms. The zero-order valence-corrected chi connectivity index (χ0v) is 12.3. The van der Waals surface area contributed by atoms with Gasteiger partial charge in [0.15, 0.2) is 0 Å². The minimum absolute atomic E-state index is 0. The number of hydrogen-bond donors (Lipinski definition) is 1. The Morgan fingerprint density at radius 3 is 2.81 bits per heavy atom. The summed E-state index contributed by atoms with van der Waals surface area (Å²) in [6, 6.07) is 6.07. The second-order valence-electron chi connectivity index (χ2n) is 3.43. The summed E-state index contributed by atoms with van der Waals surface area (Å²) in [4.78, 5) is 0. The highest BCUT2D eigenvalue weighted by Crippen LogP contribution is 2.26. The number of benzene rings is 1. The average Bonchev–Trinajstić information content (AvgIpc) is 2.55. The quantitative estimate of drug-likeness (QED) is 0.581. The lowest BCUT2D eigenvalue weighted by Gasteiger charge is -1.99. The number of nitrogen functional groups attached to an aromatic ring is 1. The van der Waals surface area contributed by atoms with Gasteiger partial charge in [0.05, 0.1) is 18.4 Å². The van der Waals surface area contributed by atoms with Crippen molar-refractivity contribution in [1.82, 2.24) is 0 Å². The molecular weight excluding hydrogens is 335 g/mol. The number of rotatable bonds is 3. The number of anilines is 1. The molecular formula is C11H15IN2OS. The van der Waals surface area contributed by atoms with E-state index in [-0.39, 0.29) is 24.0 Å². The van der Waals surface area contributed by atoms with Crippen molar-refractivity contribution in [3.63, 3.8) is 0 Å². The number of thiazole rings is 1. The van der Waals surface area contributed by atoms with Crippen molar-refractivity contribution in [2.45, 2.75) is 19.9 Å². The topological polar surface area (TPSA) is 39.1 Å². The first-order chi connectivity index (χ1) is 7.26. The van der Waals surface area contributed by atoms with Crippen LogP contribution in [0.25, 0.3) is 10.2 Å². The number of nitrogens with zero attached hydrogens (tertiary/aromatic N) is 1. The predicted molar refractivity (Wildman–Crippen MR) is 63.3 cm³/mol. The molecule has 2 N–H and O–H groups in total. The lowest BCUT2D eigenvalue weighted by molar-refractivity contribution is -0.653. The first kappa shape index (κ1) is 13.5. The van der Waals surface area contributed by atoms with Gasteiger partial charge in [0, 0.05) is 6.07 Å². The molecule has 16 heavy (non-hydrogen) atoms. The summed E-state index contributed by atoms with van der Waals surface area (Å²) in [6.07, 6.45) is 1.09. The number of halogens is 1. The van der Waals surface area contributed by atoms with Gasteiger partial charge in [-0.1, -0.05) is 6.92 Å². The van der Waals surface area contributed by atoms with E-state index in [1.807, 2.05) is 12.1 Å². The molecule has 2 rings (SSSR count). The maximum absolute atomic E-state index is 5.97. The average molecular weight is 350 g/mol. The standard InChI is InChI=1S/C11H14N2OS.HI/c1-3-6-13-9-5-4-8(14-2)7-10(9)15-11(13)12;/h4-5,7,12H,3,6H2,1-2H3;1H. The van der Waals surface area contributed by atoms with Crippen LogP contribution in [0.4, 0.5) is 5.13 Å². The van der Waals surface area contributed by atoms with Gasteiger partial charge in [-0.25, -0.2) is 4.57 Å². The molecule has 0 atom stereocenters. The highest BCUT2D eigenvalue weighted by molar-refractivity contribution is 7.21. The Morgan fingerprint density at radius 2 is 2.19 bits per heavy atom. The van der Waals surface area contributed by atoms with Crippen molar-refractivity contribution in [1.29, 1.82) is 0 Å². The smallest absolute Gasteiger partial charge is 0.332 e. The molecule has 1 aromatic carbocycles. The first-order valence-electron chi connectivity index (χ1n) is 5.02. The Morgan fingerprint density at radius 1 is 1.44 bits per heavy atom. The molecule has 3 nitrogen and oxygen atoms in total. The van der Waals surface area contributed by atoms with Crippen LogP contribution < -0.4 is 39.0 Å². The minimum Gasteiger partial charge on any atom is -1.00 e. The Labute approximate surface area is 116 Å². The van der Waals surface area contributed by atoms with Crippen molar-refractivity contribution in [3.05, 3.63) is 18.2 Å². The predicted octanol–water partition coefficient (Wildman–Crippen LogP) is -0.806. The van der Waals surface area contributed by atoms with Gasteiger partial charge in [-0.3, -0.25) is 5.73 Å². The number of aryl methyl sites for hydroxylation is 1. The number of nitrogens with two attached hydrogens (primary N) is 1. The maximum Gasteiger partial charge on any atom is 0.332 e. The normalized spacial score (nSPS) is 10.1. The monoisotopic (exact) mass is 350 g/mol. The van der Waals surface area contributed by atoms with Crippen LogP contribution in [0.1, 0.15) is 13.3 Å². The molecule has 0 radical (unpaired) electrons. The third-order valence-electron chi connectivity index (χ3n) is 2.39. The van der Waals surface area contributed by atoms with Crippen molar-refractivity contribution in [2.75, 3.05) is 12.8 Å². The van der Waals surface area contributed by atoms with Crippen molar-refractivity contribution >= 4 is 26.7 Å². The van der Waals surface area contributed by atoms with E-state index in [4.69, 9.17) is 10.5 Å². The van der Waals surface area contributed by atoms with Crippen LogP contribution in [0, 0.1) is 0 Å². The van der Waals surface area contributed by atoms with Crippen LogP contribution in [-0.2, 0) is 6.54 Å². The third kappa shape index (κ3) is 2.40. The fourth-order valence-corrected chi connectivity index (χ4v) is 2.65. The number of hydrogen-bond acceptors (Lipinski definition) is 3. The molecule has 0 saturated heterocycles. The molecule has 0 amide bonds. The Balaban J connectivity index is 0.00000128. The van der Waals surface area contributed by atoms with E-state index in [1.54, 1.807) is 18.4 Å². The SMILES string of the molecule is CCC[n+]1c(N)sc2cc(OC)ccc21.[I-]. The van der Waals surface area contributed by atoms with E-state index in [9.17, 15) is 0 Å². The zero-order valence-electron chi connectivity index (χ0n) is 9.37. The van der Waals surface area contributed by atoms with Crippen molar-refractivity contribution in [2.24, 2.45) is 0 Å². The van der Waals surface area contributed by atoms with Gasteiger partial charge in [0.1, 0.15) is 11.3 Å². The number of ether oxygens (including phenoxy) is 1. The molecule has 5 heteroatoms. The van der Waals surface area contributed by atoms with E-state index in [0.29, 0.717) is 0 Å². The van der Waals surface area contributed by atoms with Crippen LogP contribution in [0.15, 0.2) is 18.2 Å². The van der Waals surface area contributed by atoms with Crippen LogP contribution in [0.2, 0.25) is 0 Å². The van der Waals surface area contributed by atoms with Crippen LogP contribution in [-0.4, -0.2) is 7.11 Å². The molecule has 0 unspecified atom stereocenters. The molecule has 0 saturated carbocycles. The van der Waals surface area contributed by atoms with Gasteiger partial charge in [-0.2, -0.15) is 0 Å². The maximum atomic E-state index is 5.97. The van der Waals surface area contributed by atoms with Crippen LogP contribution >= 0.6 is 11.3 Å². The summed E-state index contributed by atoms with van der Waals surface area (Å²) in [6.45, 7) is 3.12. The highest BCUT2D eigenvalue weighted by Gasteiger charge is 2.14. The van der Waals surface area contributed by atoms with Gasteiger partial charge in [0.2, 0.25) is 0 Å². The molecule has 0 aliphatic heterocycles. The highest BCUT2D eigenvalue weighted by atomic mass is 127. The number of aromatic nitrogens is 1. The summed E-state index contributed by atoms with van der Waals surface area (Å²) < 4.78 is 8.52. The Kier molecular flexibility index (Phi) is 4.79. The third-order valence-corrected chi connectivity index (χ3v) is 3.36. The van der Waals surface area contributed by atoms with E-state index < -0.39 is 0 Å². The molecule has 88 valence electrons. The fourth-order valence-electron chi connectivity index (χ4n) is 1.67. The molecule has 2 aromatic rings. The van der Waals surface area contributed by atoms with Crippen molar-refractivity contribution < 1.29 is 33.3 Å². The second kappa shape index (κ2) is 5.67. The Hall–Kier alpha value is -0.560. The number of fused-ring (bicyclic) bond motifs is 1. The molecule has 1 heterocycles. The summed E-state index contributed by atoms with van der Waals surface area (Å²) in [5, 5.41) is 0.861. The largest absolute Gasteiger partial charge is 1.00 e. The second-order valence-corrected chi connectivity index (χ2v) is 4.49. The molecule has 0 aliphatic carbocycles. The first-order valence-corrected chi connectivity index (χ1v) is 5.83. The van der Waals surface area contributed by atoms with Gasteiger partial charge < -0.3 is 28.7 Å². The lowest BCUT2D eigenvalue weighted by Crippen LogP contribution is -3.00. The molecule has 1 aromatic heterocycles. The van der Waals surface area contributed by atoms with Gasteiger partial charge in [-0.05, 0) is 29.9 Å². The summed E-state index contributed by atoms with van der Waals surface area (Å²) in [7, 11) is 1.68. The van der Waals surface area contributed by atoms with Gasteiger partial charge in [-0.15, -0.1) is 0 Å². The van der Waals surface area contributed by atoms with Crippen LogP contribution in [0.3, 0.4) is 0 Å². The van der Waals surface area contributed by atoms with E-state index in [0.717, 1.165) is 23.8 Å². The summed E-state index contributed by atoms with van der Waals surface area (Å²) in [5.41, 5.74) is 7.17.